The minimum Gasteiger partial charge on any atom is -0.491 e. The van der Waals surface area contributed by atoms with Gasteiger partial charge in [0.1, 0.15) is 0 Å². The average Bonchev–Trinajstić information content (AvgIpc) is 2.46. The third kappa shape index (κ3) is 2.08. The van der Waals surface area contributed by atoms with Gasteiger partial charge in [-0.15, -0.1) is 0 Å². The smallest absolute Gasteiger partial charge is 0.167 e. The second kappa shape index (κ2) is 5.25. The highest BCUT2D eigenvalue weighted by Crippen LogP contribution is 2.35. The van der Waals surface area contributed by atoms with Crippen LogP contribution in [0.15, 0.2) is 12.1 Å². The summed E-state index contributed by atoms with van der Waals surface area (Å²) < 4.78 is 19.3. The molecular formula is C15H18FN3O. The zero-order valence-corrected chi connectivity index (χ0v) is 11.5. The van der Waals surface area contributed by atoms with Crippen molar-refractivity contribution in [2.24, 2.45) is 5.84 Å². The molecule has 0 atom stereocenters. The molecule has 0 fully saturated rings. The van der Waals surface area contributed by atoms with Crippen LogP contribution < -0.4 is 16.0 Å². The van der Waals surface area contributed by atoms with E-state index in [-0.39, 0.29) is 11.6 Å². The van der Waals surface area contributed by atoms with Crippen molar-refractivity contribution in [1.29, 1.82) is 0 Å². The van der Waals surface area contributed by atoms with E-state index in [4.69, 9.17) is 10.6 Å². The summed E-state index contributed by atoms with van der Waals surface area (Å²) in [5.41, 5.74) is 6.43. The molecular weight excluding hydrogens is 257 g/mol. The van der Waals surface area contributed by atoms with Crippen molar-refractivity contribution in [3.63, 3.8) is 0 Å². The van der Waals surface area contributed by atoms with Crippen molar-refractivity contribution in [1.82, 2.24) is 4.98 Å². The van der Waals surface area contributed by atoms with Crippen molar-refractivity contribution in [3.05, 3.63) is 29.2 Å². The molecule has 0 spiro atoms. The molecule has 1 heterocycles. The van der Waals surface area contributed by atoms with Crippen LogP contribution in [0.1, 0.15) is 31.0 Å². The van der Waals surface area contributed by atoms with E-state index in [1.165, 1.54) is 6.07 Å². The van der Waals surface area contributed by atoms with E-state index >= 15 is 0 Å². The second-order valence-corrected chi connectivity index (χ2v) is 5.00. The third-order valence-corrected chi connectivity index (χ3v) is 3.76. The highest BCUT2D eigenvalue weighted by molar-refractivity contribution is 5.94. The van der Waals surface area contributed by atoms with Crippen molar-refractivity contribution >= 4 is 16.6 Å². The van der Waals surface area contributed by atoms with Crippen LogP contribution in [0.3, 0.4) is 0 Å². The number of pyridine rings is 1. The fourth-order valence-corrected chi connectivity index (χ4v) is 2.86. The van der Waals surface area contributed by atoms with Crippen LogP contribution in [-0.2, 0) is 12.8 Å². The quantitative estimate of drug-likeness (QED) is 0.668. The number of hydrogen-bond acceptors (Lipinski definition) is 4. The molecule has 4 nitrogen and oxygen atoms in total. The maximum Gasteiger partial charge on any atom is 0.167 e. The molecule has 1 aromatic heterocycles. The minimum absolute atomic E-state index is 0.244. The topological polar surface area (TPSA) is 60.2 Å². The lowest BCUT2D eigenvalue weighted by molar-refractivity contribution is 0.322. The Kier molecular flexibility index (Phi) is 3.44. The molecule has 20 heavy (non-hydrogen) atoms. The van der Waals surface area contributed by atoms with Gasteiger partial charge >= 0.3 is 0 Å². The van der Waals surface area contributed by atoms with Crippen molar-refractivity contribution < 1.29 is 9.13 Å². The van der Waals surface area contributed by atoms with E-state index in [1.807, 2.05) is 6.92 Å². The summed E-state index contributed by atoms with van der Waals surface area (Å²) in [5.74, 6) is 5.55. The fraction of sp³-hybridized carbons (Fsp3) is 0.400. The van der Waals surface area contributed by atoms with Crippen molar-refractivity contribution in [2.75, 3.05) is 12.0 Å². The molecule has 1 aromatic carbocycles. The van der Waals surface area contributed by atoms with Gasteiger partial charge in [-0.2, -0.15) is 0 Å². The second-order valence-electron chi connectivity index (χ2n) is 5.00. The number of fused-ring (bicyclic) bond motifs is 2. The number of nitrogen functional groups attached to an aromatic ring is 1. The Hall–Kier alpha value is -1.88. The Morgan fingerprint density at radius 3 is 2.90 bits per heavy atom. The maximum absolute atomic E-state index is 14.0. The Morgan fingerprint density at radius 2 is 2.15 bits per heavy atom. The first-order valence-corrected chi connectivity index (χ1v) is 6.99. The van der Waals surface area contributed by atoms with Gasteiger partial charge in [0.25, 0.3) is 0 Å². The van der Waals surface area contributed by atoms with E-state index in [2.05, 4.69) is 10.4 Å². The largest absolute Gasteiger partial charge is 0.491 e. The van der Waals surface area contributed by atoms with Crippen LogP contribution in [0.2, 0.25) is 0 Å². The van der Waals surface area contributed by atoms with E-state index < -0.39 is 0 Å². The molecule has 1 aliphatic rings. The molecule has 0 radical (unpaired) electrons. The molecule has 3 N–H and O–H groups in total. The molecule has 5 heteroatoms. The first kappa shape index (κ1) is 13.1. The average molecular weight is 275 g/mol. The number of halogens is 1. The van der Waals surface area contributed by atoms with Gasteiger partial charge in [-0.1, -0.05) is 0 Å². The normalized spacial score (nSPS) is 14.2. The van der Waals surface area contributed by atoms with Gasteiger partial charge < -0.3 is 10.2 Å². The summed E-state index contributed by atoms with van der Waals surface area (Å²) in [6, 6.07) is 3.11. The number of aryl methyl sites for hydroxylation is 1. The Labute approximate surface area is 117 Å². The molecule has 0 saturated heterocycles. The molecule has 0 bridgehead atoms. The molecule has 1 aliphatic carbocycles. The van der Waals surface area contributed by atoms with Crippen LogP contribution >= 0.6 is 0 Å². The highest BCUT2D eigenvalue weighted by atomic mass is 19.1. The first-order chi connectivity index (χ1) is 9.74. The summed E-state index contributed by atoms with van der Waals surface area (Å²) in [4.78, 5) is 4.60. The number of nitrogens with one attached hydrogen (secondary N) is 1. The fourth-order valence-electron chi connectivity index (χ4n) is 2.86. The number of hydrazine groups is 1. The number of aromatic nitrogens is 1. The van der Waals surface area contributed by atoms with E-state index in [9.17, 15) is 4.39 Å². The van der Waals surface area contributed by atoms with E-state index in [0.717, 1.165) is 48.0 Å². The number of nitrogens with zero attached hydrogens (tertiary/aromatic N) is 1. The number of rotatable bonds is 3. The molecule has 0 aliphatic heterocycles. The van der Waals surface area contributed by atoms with Crippen LogP contribution in [0.5, 0.6) is 5.75 Å². The van der Waals surface area contributed by atoms with Crippen LogP contribution in [-0.4, -0.2) is 11.6 Å². The first-order valence-electron chi connectivity index (χ1n) is 6.99. The van der Waals surface area contributed by atoms with Crippen LogP contribution in [0.4, 0.5) is 10.1 Å². The van der Waals surface area contributed by atoms with E-state index in [1.54, 1.807) is 6.07 Å². The summed E-state index contributed by atoms with van der Waals surface area (Å²) >= 11 is 0. The predicted molar refractivity (Wildman–Crippen MR) is 77.3 cm³/mol. The van der Waals surface area contributed by atoms with Gasteiger partial charge in [-0.3, -0.25) is 10.8 Å². The zero-order valence-electron chi connectivity index (χ0n) is 11.5. The lowest BCUT2D eigenvalue weighted by Crippen LogP contribution is -2.15. The number of anilines is 1. The number of ether oxygens (including phenoxy) is 1. The Bertz CT molecular complexity index is 657. The third-order valence-electron chi connectivity index (χ3n) is 3.76. The number of benzene rings is 1. The minimum atomic E-state index is -0.384. The molecule has 0 amide bonds. The molecule has 3 rings (SSSR count). The SMILES string of the molecule is CCOc1cc2c(NN)c3c(nc2cc1F)CCCC3. The Balaban J connectivity index is 2.27. The van der Waals surface area contributed by atoms with Crippen LogP contribution in [0, 0.1) is 5.82 Å². The zero-order chi connectivity index (χ0) is 14.1. The van der Waals surface area contributed by atoms with Gasteiger partial charge in [0.15, 0.2) is 11.6 Å². The number of nitrogens with two attached hydrogens (primary N) is 1. The summed E-state index contributed by atoms with van der Waals surface area (Å²) in [6.07, 6.45) is 4.14. The summed E-state index contributed by atoms with van der Waals surface area (Å²) in [5, 5.41) is 0.818. The summed E-state index contributed by atoms with van der Waals surface area (Å²) in [7, 11) is 0. The van der Waals surface area contributed by atoms with Crippen molar-refractivity contribution in [2.45, 2.75) is 32.6 Å². The predicted octanol–water partition coefficient (Wildman–Crippen LogP) is 2.94. The van der Waals surface area contributed by atoms with Gasteiger partial charge in [0.2, 0.25) is 0 Å². The standard InChI is InChI=1S/C15H18FN3O/c1-2-20-14-7-10-13(8-11(14)16)18-12-6-4-3-5-9(12)15(10)19-17/h7-8H,2-6,17H2,1H3,(H,18,19). The lowest BCUT2D eigenvalue weighted by atomic mass is 9.93. The van der Waals surface area contributed by atoms with Gasteiger partial charge in [0.05, 0.1) is 17.8 Å². The van der Waals surface area contributed by atoms with Crippen LogP contribution in [0.25, 0.3) is 10.9 Å². The molecule has 0 unspecified atom stereocenters. The molecule has 0 saturated carbocycles. The van der Waals surface area contributed by atoms with Crippen molar-refractivity contribution in [3.8, 4) is 5.75 Å². The summed E-state index contributed by atoms with van der Waals surface area (Å²) in [6.45, 7) is 2.25. The monoisotopic (exact) mass is 275 g/mol. The van der Waals surface area contributed by atoms with Gasteiger partial charge in [-0.25, -0.2) is 4.39 Å². The van der Waals surface area contributed by atoms with Gasteiger partial charge in [0, 0.05) is 17.1 Å². The number of hydrogen-bond donors (Lipinski definition) is 2. The molecule has 106 valence electrons. The maximum atomic E-state index is 14.0. The Morgan fingerprint density at radius 1 is 1.35 bits per heavy atom. The van der Waals surface area contributed by atoms with Gasteiger partial charge in [-0.05, 0) is 44.2 Å². The molecule has 2 aromatic rings. The lowest BCUT2D eigenvalue weighted by Gasteiger charge is -2.20. The highest BCUT2D eigenvalue weighted by Gasteiger charge is 2.19. The van der Waals surface area contributed by atoms with E-state index in [0.29, 0.717) is 12.1 Å².